The molecule has 0 fully saturated rings. The molecule has 196 valence electrons. The predicted octanol–water partition coefficient (Wildman–Crippen LogP) is -1.73. The Morgan fingerprint density at radius 1 is 0.853 bits per heavy atom. The highest BCUT2D eigenvalue weighted by Gasteiger charge is 2.33. The van der Waals surface area contributed by atoms with Crippen LogP contribution in [0.25, 0.3) is 0 Å². The van der Waals surface area contributed by atoms with Crippen molar-refractivity contribution in [3.05, 3.63) is 0 Å². The first-order valence-corrected chi connectivity index (χ1v) is 11.3. The second-order valence-electron chi connectivity index (χ2n) is 8.32. The largest absolute Gasteiger partial charge is 0.481 e. The van der Waals surface area contributed by atoms with E-state index in [9.17, 15) is 34.2 Å². The summed E-state index contributed by atoms with van der Waals surface area (Å²) in [5.74, 6) is -5.46. The van der Waals surface area contributed by atoms with E-state index in [0.29, 0.717) is 32.2 Å². The number of aliphatic hydroxyl groups excluding tert-OH is 1. The zero-order valence-electron chi connectivity index (χ0n) is 20.0. The molecule has 0 aliphatic carbocycles. The Hall–Kier alpha value is -2.77. The van der Waals surface area contributed by atoms with Gasteiger partial charge in [0.2, 0.25) is 17.7 Å². The van der Waals surface area contributed by atoms with Crippen LogP contribution in [-0.2, 0) is 24.0 Å². The van der Waals surface area contributed by atoms with E-state index in [2.05, 4.69) is 16.0 Å². The Labute approximate surface area is 199 Å². The number of hydrogen-bond donors (Lipinski definition) is 8. The van der Waals surface area contributed by atoms with E-state index in [1.165, 1.54) is 6.92 Å². The standard InChI is InChI=1S/C21H39N5O8/c1-4-11(2)16(21(33)34)25-19(31)14(8-9-15(28)29)24-20(32)17(12(3)27)26-18(30)13(23)7-5-6-10-22/h11-14,16-17,27H,4-10,22-23H2,1-3H3,(H,24,32)(H,25,31)(H,26,30)(H,28,29)(H,33,34). The third-order valence-corrected chi connectivity index (χ3v) is 5.43. The Bertz CT molecular complexity index is 703. The number of carbonyl (C=O) groups excluding carboxylic acids is 3. The summed E-state index contributed by atoms with van der Waals surface area (Å²) in [7, 11) is 0. The summed E-state index contributed by atoms with van der Waals surface area (Å²) in [6.45, 7) is 5.06. The average Bonchev–Trinajstić information content (AvgIpc) is 2.76. The fraction of sp³-hybridized carbons (Fsp3) is 0.762. The van der Waals surface area contributed by atoms with Crippen LogP contribution in [0, 0.1) is 5.92 Å². The van der Waals surface area contributed by atoms with Crippen LogP contribution in [0.3, 0.4) is 0 Å². The van der Waals surface area contributed by atoms with Gasteiger partial charge in [-0.25, -0.2) is 4.79 Å². The molecule has 3 amide bonds. The van der Waals surface area contributed by atoms with E-state index >= 15 is 0 Å². The molecule has 0 aromatic rings. The highest BCUT2D eigenvalue weighted by atomic mass is 16.4. The molecule has 0 bridgehead atoms. The summed E-state index contributed by atoms with van der Waals surface area (Å²) in [6, 6.07) is -5.08. The van der Waals surface area contributed by atoms with Crippen molar-refractivity contribution < 1.29 is 39.3 Å². The van der Waals surface area contributed by atoms with Crippen LogP contribution in [0.1, 0.15) is 59.3 Å². The third kappa shape index (κ3) is 11.4. The molecule has 0 rings (SSSR count). The molecule has 0 saturated heterocycles. The van der Waals surface area contributed by atoms with Crippen molar-refractivity contribution in [1.82, 2.24) is 16.0 Å². The molecule has 6 unspecified atom stereocenters. The zero-order valence-corrected chi connectivity index (χ0v) is 20.0. The third-order valence-electron chi connectivity index (χ3n) is 5.43. The summed E-state index contributed by atoms with van der Waals surface area (Å²) >= 11 is 0. The van der Waals surface area contributed by atoms with Crippen LogP contribution in [0.2, 0.25) is 0 Å². The van der Waals surface area contributed by atoms with E-state index < -0.39 is 72.3 Å². The molecule has 0 saturated carbocycles. The smallest absolute Gasteiger partial charge is 0.326 e. The van der Waals surface area contributed by atoms with E-state index in [1.807, 2.05) is 0 Å². The van der Waals surface area contributed by atoms with Gasteiger partial charge >= 0.3 is 11.9 Å². The Morgan fingerprint density at radius 2 is 1.44 bits per heavy atom. The maximum atomic E-state index is 12.8. The lowest BCUT2D eigenvalue weighted by Crippen LogP contribution is -2.60. The quantitative estimate of drug-likeness (QED) is 0.107. The Morgan fingerprint density at radius 3 is 1.91 bits per heavy atom. The summed E-state index contributed by atoms with van der Waals surface area (Å²) in [4.78, 5) is 60.4. The average molecular weight is 490 g/mol. The first-order chi connectivity index (χ1) is 15.8. The molecule has 0 aliphatic rings. The number of unbranched alkanes of at least 4 members (excludes halogenated alkanes) is 1. The van der Waals surface area contributed by atoms with Crippen molar-refractivity contribution in [3.63, 3.8) is 0 Å². The van der Waals surface area contributed by atoms with Gasteiger partial charge < -0.3 is 42.7 Å². The molecule has 34 heavy (non-hydrogen) atoms. The summed E-state index contributed by atoms with van der Waals surface area (Å²) in [5, 5.41) is 35.4. The minimum Gasteiger partial charge on any atom is -0.481 e. The highest BCUT2D eigenvalue weighted by molar-refractivity contribution is 5.94. The summed E-state index contributed by atoms with van der Waals surface area (Å²) in [6.07, 6.45) is -0.172. The highest BCUT2D eigenvalue weighted by Crippen LogP contribution is 2.10. The second-order valence-corrected chi connectivity index (χ2v) is 8.32. The number of hydrogen-bond acceptors (Lipinski definition) is 8. The molecule has 0 aromatic carbocycles. The molecule has 13 heteroatoms. The van der Waals surface area contributed by atoms with Crippen molar-refractivity contribution in [2.45, 2.75) is 89.6 Å². The number of amides is 3. The van der Waals surface area contributed by atoms with E-state index in [4.69, 9.17) is 16.6 Å². The lowest BCUT2D eigenvalue weighted by molar-refractivity contribution is -0.144. The topological polar surface area (TPSA) is 234 Å². The van der Waals surface area contributed by atoms with Gasteiger partial charge in [-0.2, -0.15) is 0 Å². The molecular weight excluding hydrogens is 450 g/mol. The summed E-state index contributed by atoms with van der Waals surface area (Å²) in [5.41, 5.74) is 11.2. The summed E-state index contributed by atoms with van der Waals surface area (Å²) < 4.78 is 0. The first-order valence-electron chi connectivity index (χ1n) is 11.3. The minimum absolute atomic E-state index is 0.313. The van der Waals surface area contributed by atoms with Crippen LogP contribution in [-0.4, -0.2) is 81.8 Å². The van der Waals surface area contributed by atoms with Crippen LogP contribution in [0.5, 0.6) is 0 Å². The van der Waals surface area contributed by atoms with Crippen molar-refractivity contribution in [2.75, 3.05) is 6.54 Å². The van der Waals surface area contributed by atoms with Gasteiger partial charge in [0.1, 0.15) is 18.1 Å². The minimum atomic E-state index is -1.47. The lowest BCUT2D eigenvalue weighted by Gasteiger charge is -2.27. The maximum absolute atomic E-state index is 12.8. The van der Waals surface area contributed by atoms with Gasteiger partial charge in [-0.15, -0.1) is 0 Å². The zero-order chi connectivity index (χ0) is 26.4. The molecule has 13 nitrogen and oxygen atoms in total. The lowest BCUT2D eigenvalue weighted by atomic mass is 9.98. The van der Waals surface area contributed by atoms with E-state index in [0.717, 1.165) is 0 Å². The van der Waals surface area contributed by atoms with Gasteiger partial charge in [-0.05, 0) is 38.6 Å². The number of aliphatic hydroxyl groups is 1. The maximum Gasteiger partial charge on any atom is 0.326 e. The van der Waals surface area contributed by atoms with Crippen molar-refractivity contribution in [2.24, 2.45) is 17.4 Å². The number of aliphatic carboxylic acids is 2. The van der Waals surface area contributed by atoms with Gasteiger partial charge in [0.25, 0.3) is 0 Å². The SMILES string of the molecule is CCC(C)C(NC(=O)C(CCC(=O)O)NC(=O)C(NC(=O)C(N)CCCCN)C(C)O)C(=O)O. The number of carbonyl (C=O) groups is 5. The second kappa shape index (κ2) is 16.0. The van der Waals surface area contributed by atoms with Crippen molar-refractivity contribution >= 4 is 29.7 Å². The molecule has 0 aliphatic heterocycles. The van der Waals surface area contributed by atoms with Crippen LogP contribution in [0.15, 0.2) is 0 Å². The molecule has 0 radical (unpaired) electrons. The number of nitrogens with one attached hydrogen (secondary N) is 3. The van der Waals surface area contributed by atoms with Crippen molar-refractivity contribution in [3.8, 4) is 0 Å². The number of nitrogens with two attached hydrogens (primary N) is 2. The van der Waals surface area contributed by atoms with Gasteiger partial charge in [0.15, 0.2) is 0 Å². The van der Waals surface area contributed by atoms with Gasteiger partial charge in [-0.3, -0.25) is 19.2 Å². The fourth-order valence-electron chi connectivity index (χ4n) is 3.04. The predicted molar refractivity (Wildman–Crippen MR) is 122 cm³/mol. The Kier molecular flexibility index (Phi) is 14.7. The van der Waals surface area contributed by atoms with E-state index in [1.54, 1.807) is 13.8 Å². The van der Waals surface area contributed by atoms with Crippen LogP contribution >= 0.6 is 0 Å². The molecule has 6 atom stereocenters. The monoisotopic (exact) mass is 489 g/mol. The van der Waals surface area contributed by atoms with Crippen LogP contribution < -0.4 is 27.4 Å². The molecule has 0 heterocycles. The first kappa shape index (κ1) is 31.2. The molecule has 0 spiro atoms. The van der Waals surface area contributed by atoms with Gasteiger partial charge in [-0.1, -0.05) is 26.7 Å². The number of rotatable bonds is 17. The van der Waals surface area contributed by atoms with Crippen LogP contribution in [0.4, 0.5) is 0 Å². The number of carboxylic acid groups (broad SMARTS) is 2. The molecule has 10 N–H and O–H groups in total. The number of carboxylic acids is 2. The van der Waals surface area contributed by atoms with Crippen molar-refractivity contribution in [1.29, 1.82) is 0 Å². The normalized spacial score (nSPS) is 16.3. The van der Waals surface area contributed by atoms with Gasteiger partial charge in [0, 0.05) is 6.42 Å². The van der Waals surface area contributed by atoms with Gasteiger partial charge in [0.05, 0.1) is 12.1 Å². The Balaban J connectivity index is 5.46. The van der Waals surface area contributed by atoms with E-state index in [-0.39, 0.29) is 6.42 Å². The molecular formula is C21H39N5O8. The fourth-order valence-corrected chi connectivity index (χ4v) is 3.04. The molecule has 0 aromatic heterocycles.